The molecule has 1 aromatic rings. The van der Waals surface area contributed by atoms with Gasteiger partial charge in [0.05, 0.1) is 6.54 Å². The third kappa shape index (κ3) is 1.91. The van der Waals surface area contributed by atoms with Gasteiger partial charge in [-0.25, -0.2) is 4.79 Å². The van der Waals surface area contributed by atoms with Crippen molar-refractivity contribution >= 4 is 13.9 Å². The molecule has 0 aliphatic carbocycles. The van der Waals surface area contributed by atoms with Gasteiger partial charge >= 0.3 is 6.03 Å². The summed E-state index contributed by atoms with van der Waals surface area (Å²) in [5, 5.41) is 0. The highest BCUT2D eigenvalue weighted by Crippen LogP contribution is 2.22. The van der Waals surface area contributed by atoms with Crippen LogP contribution in [0.4, 0.5) is 4.79 Å². The Morgan fingerprint density at radius 3 is 2.83 bits per heavy atom. The highest BCUT2D eigenvalue weighted by molar-refractivity contribution is 6.13. The molecular weight excluding hydrogens is 229 g/mol. The molecule has 3 rings (SSSR count). The Bertz CT molecular complexity index is 536. The Balaban J connectivity index is 1.74. The van der Waals surface area contributed by atoms with Crippen molar-refractivity contribution in [2.45, 2.75) is 18.8 Å². The molecule has 2 aliphatic rings. The van der Waals surface area contributed by atoms with Gasteiger partial charge in [-0.2, -0.15) is 0 Å². The SMILES string of the molecule is BC1CN(C(=O)N2CCc3ccc(=O)[nH]c3C2)C1. The molecule has 0 saturated carbocycles. The van der Waals surface area contributed by atoms with Crippen LogP contribution in [0, 0.1) is 0 Å². The Morgan fingerprint density at radius 1 is 1.33 bits per heavy atom. The number of hydrogen-bond acceptors (Lipinski definition) is 2. The molecular formula is C12H16BN3O2. The van der Waals surface area contributed by atoms with Crippen LogP contribution in [0.1, 0.15) is 11.3 Å². The molecule has 0 unspecified atom stereocenters. The number of hydrogen-bond donors (Lipinski definition) is 1. The summed E-state index contributed by atoms with van der Waals surface area (Å²) in [7, 11) is 2.15. The van der Waals surface area contributed by atoms with Crippen molar-refractivity contribution in [2.24, 2.45) is 0 Å². The first-order chi connectivity index (χ1) is 8.63. The van der Waals surface area contributed by atoms with Crippen molar-refractivity contribution in [3.63, 3.8) is 0 Å². The number of pyridine rings is 1. The fraction of sp³-hybridized carbons (Fsp3) is 0.500. The normalized spacial score (nSPS) is 19.3. The van der Waals surface area contributed by atoms with Gasteiger partial charge in [0, 0.05) is 31.4 Å². The number of aromatic nitrogens is 1. The maximum Gasteiger partial charge on any atom is 0.320 e. The summed E-state index contributed by atoms with van der Waals surface area (Å²) in [5.41, 5.74) is 1.94. The first-order valence-electron chi connectivity index (χ1n) is 6.38. The largest absolute Gasteiger partial charge is 0.325 e. The molecule has 1 aromatic heterocycles. The number of rotatable bonds is 0. The minimum atomic E-state index is -0.0966. The molecule has 5 nitrogen and oxygen atoms in total. The number of fused-ring (bicyclic) bond motifs is 1. The smallest absolute Gasteiger partial charge is 0.320 e. The van der Waals surface area contributed by atoms with Crippen molar-refractivity contribution in [3.05, 3.63) is 33.7 Å². The molecule has 18 heavy (non-hydrogen) atoms. The van der Waals surface area contributed by atoms with Crippen molar-refractivity contribution in [1.82, 2.24) is 14.8 Å². The van der Waals surface area contributed by atoms with Gasteiger partial charge in [0.25, 0.3) is 0 Å². The van der Waals surface area contributed by atoms with E-state index in [9.17, 15) is 9.59 Å². The topological polar surface area (TPSA) is 56.4 Å². The van der Waals surface area contributed by atoms with Crippen molar-refractivity contribution in [2.75, 3.05) is 19.6 Å². The van der Waals surface area contributed by atoms with Crippen LogP contribution in [0.2, 0.25) is 5.82 Å². The molecule has 3 heterocycles. The summed E-state index contributed by atoms with van der Waals surface area (Å²) in [6.45, 7) is 2.97. The number of carbonyl (C=O) groups is 1. The summed E-state index contributed by atoms with van der Waals surface area (Å²) in [4.78, 5) is 30.0. The zero-order valence-electron chi connectivity index (χ0n) is 10.5. The van der Waals surface area contributed by atoms with E-state index in [-0.39, 0.29) is 11.6 Å². The van der Waals surface area contributed by atoms with Crippen molar-refractivity contribution in [1.29, 1.82) is 0 Å². The van der Waals surface area contributed by atoms with Crippen LogP contribution in [0.15, 0.2) is 16.9 Å². The van der Waals surface area contributed by atoms with Crippen molar-refractivity contribution in [3.8, 4) is 0 Å². The van der Waals surface area contributed by atoms with Crippen LogP contribution in [0.3, 0.4) is 0 Å². The quantitative estimate of drug-likeness (QED) is 0.632. The van der Waals surface area contributed by atoms with Crippen LogP contribution in [0.25, 0.3) is 0 Å². The molecule has 0 aromatic carbocycles. The lowest BCUT2D eigenvalue weighted by molar-refractivity contribution is 0.122. The third-order valence-corrected chi connectivity index (χ3v) is 3.70. The van der Waals surface area contributed by atoms with Gasteiger partial charge in [0.15, 0.2) is 0 Å². The van der Waals surface area contributed by atoms with Crippen LogP contribution >= 0.6 is 0 Å². The number of aromatic amines is 1. The van der Waals surface area contributed by atoms with E-state index in [0.717, 1.165) is 37.3 Å². The molecule has 2 amide bonds. The Hall–Kier alpha value is -1.72. The maximum atomic E-state index is 12.2. The fourth-order valence-corrected chi connectivity index (χ4v) is 2.67. The number of likely N-dealkylation sites (tertiary alicyclic amines) is 1. The lowest BCUT2D eigenvalue weighted by Gasteiger charge is -2.41. The molecule has 6 heteroatoms. The second kappa shape index (κ2) is 4.19. The predicted molar refractivity (Wildman–Crippen MR) is 70.4 cm³/mol. The van der Waals surface area contributed by atoms with E-state index in [1.165, 1.54) is 0 Å². The molecule has 1 fully saturated rings. The van der Waals surface area contributed by atoms with E-state index in [2.05, 4.69) is 12.8 Å². The second-order valence-electron chi connectivity index (χ2n) is 5.29. The van der Waals surface area contributed by atoms with Crippen LogP contribution in [0.5, 0.6) is 0 Å². The zero-order chi connectivity index (χ0) is 12.7. The van der Waals surface area contributed by atoms with Gasteiger partial charge in [-0.3, -0.25) is 4.79 Å². The van der Waals surface area contributed by atoms with Gasteiger partial charge < -0.3 is 14.8 Å². The minimum absolute atomic E-state index is 0.0966. The summed E-state index contributed by atoms with van der Waals surface area (Å²) in [6.07, 6.45) is 0.821. The molecule has 2 aliphatic heterocycles. The Kier molecular flexibility index (Phi) is 2.65. The summed E-state index contributed by atoms with van der Waals surface area (Å²) in [5.74, 6) is 0.617. The fourth-order valence-electron chi connectivity index (χ4n) is 2.67. The summed E-state index contributed by atoms with van der Waals surface area (Å²) >= 11 is 0. The van der Waals surface area contributed by atoms with Gasteiger partial charge in [-0.1, -0.05) is 6.07 Å². The lowest BCUT2D eigenvalue weighted by atomic mass is 9.81. The minimum Gasteiger partial charge on any atom is -0.325 e. The van der Waals surface area contributed by atoms with E-state index < -0.39 is 0 Å². The van der Waals surface area contributed by atoms with E-state index in [1.54, 1.807) is 6.07 Å². The molecule has 1 saturated heterocycles. The first-order valence-corrected chi connectivity index (χ1v) is 6.38. The second-order valence-corrected chi connectivity index (χ2v) is 5.29. The predicted octanol–water partition coefficient (Wildman–Crippen LogP) is -0.410. The number of H-pyrrole nitrogens is 1. The van der Waals surface area contributed by atoms with E-state index >= 15 is 0 Å². The maximum absolute atomic E-state index is 12.2. The van der Waals surface area contributed by atoms with Gasteiger partial charge in [-0.15, -0.1) is 0 Å². The highest BCUT2D eigenvalue weighted by atomic mass is 16.2. The third-order valence-electron chi connectivity index (χ3n) is 3.70. The van der Waals surface area contributed by atoms with E-state index in [4.69, 9.17) is 0 Å². The average molecular weight is 245 g/mol. The number of amides is 2. The molecule has 1 N–H and O–H groups in total. The lowest BCUT2D eigenvalue weighted by Crippen LogP contribution is -2.53. The van der Waals surface area contributed by atoms with Crippen LogP contribution < -0.4 is 5.56 Å². The summed E-state index contributed by atoms with van der Waals surface area (Å²) < 4.78 is 0. The number of urea groups is 1. The number of carbonyl (C=O) groups excluding carboxylic acids is 1. The molecule has 0 atom stereocenters. The highest BCUT2D eigenvalue weighted by Gasteiger charge is 2.31. The van der Waals surface area contributed by atoms with Gasteiger partial charge in [0.2, 0.25) is 5.56 Å². The van der Waals surface area contributed by atoms with E-state index in [1.807, 2.05) is 15.9 Å². The summed E-state index contributed by atoms with van der Waals surface area (Å²) in [6, 6.07) is 3.51. The van der Waals surface area contributed by atoms with Crippen molar-refractivity contribution < 1.29 is 4.79 Å². The average Bonchev–Trinajstić information content (AvgIpc) is 2.33. The van der Waals surface area contributed by atoms with Gasteiger partial charge in [-0.05, 0) is 17.8 Å². The Morgan fingerprint density at radius 2 is 2.11 bits per heavy atom. The zero-order valence-corrected chi connectivity index (χ0v) is 10.5. The molecule has 0 spiro atoms. The Labute approximate surface area is 106 Å². The standard InChI is InChI=1S/C12H16BN3O2/c13-9-5-16(6-9)12(18)15-4-3-8-1-2-11(17)14-10(8)7-15/h1-2,9H,3-7,13H2,(H,14,17). The molecule has 0 radical (unpaired) electrons. The molecule has 94 valence electrons. The van der Waals surface area contributed by atoms with Crippen LogP contribution in [-0.4, -0.2) is 48.3 Å². The first kappa shape index (κ1) is 11.4. The number of nitrogens with zero attached hydrogens (tertiary/aromatic N) is 2. The molecule has 0 bridgehead atoms. The van der Waals surface area contributed by atoms with E-state index in [0.29, 0.717) is 12.4 Å². The van der Waals surface area contributed by atoms with Gasteiger partial charge in [0.1, 0.15) is 7.85 Å². The number of nitrogens with one attached hydrogen (secondary N) is 1. The van der Waals surface area contributed by atoms with Crippen LogP contribution in [-0.2, 0) is 13.0 Å². The monoisotopic (exact) mass is 245 g/mol.